The van der Waals surface area contributed by atoms with Crippen molar-refractivity contribution in [2.24, 2.45) is 5.73 Å². The third kappa shape index (κ3) is 2.06. The highest BCUT2D eigenvalue weighted by Crippen LogP contribution is 2.36. The molecule has 19 heavy (non-hydrogen) atoms. The van der Waals surface area contributed by atoms with Crippen LogP contribution in [0.4, 0.5) is 0 Å². The first-order valence-electron chi connectivity index (χ1n) is 5.65. The Morgan fingerprint density at radius 2 is 2.11 bits per heavy atom. The minimum absolute atomic E-state index is 0.148. The fourth-order valence-corrected chi connectivity index (χ4v) is 2.46. The van der Waals surface area contributed by atoms with Gasteiger partial charge in [0, 0.05) is 10.0 Å². The van der Waals surface area contributed by atoms with Crippen molar-refractivity contribution in [1.29, 1.82) is 0 Å². The molecule has 4 nitrogen and oxygen atoms in total. The van der Waals surface area contributed by atoms with Crippen LogP contribution in [-0.4, -0.2) is 5.78 Å². The van der Waals surface area contributed by atoms with Crippen molar-refractivity contribution in [3.05, 3.63) is 64.3 Å². The zero-order valence-electron chi connectivity index (χ0n) is 9.80. The van der Waals surface area contributed by atoms with Gasteiger partial charge < -0.3 is 14.9 Å². The Morgan fingerprint density at radius 3 is 2.79 bits per heavy atom. The number of rotatable bonds is 2. The van der Waals surface area contributed by atoms with E-state index in [1.54, 1.807) is 6.07 Å². The van der Waals surface area contributed by atoms with Gasteiger partial charge in [-0.3, -0.25) is 4.79 Å². The summed E-state index contributed by atoms with van der Waals surface area (Å²) in [5, 5.41) is 0. The van der Waals surface area contributed by atoms with Gasteiger partial charge in [-0.15, -0.1) is 0 Å². The van der Waals surface area contributed by atoms with E-state index in [9.17, 15) is 4.79 Å². The van der Waals surface area contributed by atoms with Gasteiger partial charge in [-0.2, -0.15) is 0 Å². The highest BCUT2D eigenvalue weighted by atomic mass is 79.9. The summed E-state index contributed by atoms with van der Waals surface area (Å²) >= 11 is 3.37. The molecule has 1 aliphatic rings. The second kappa shape index (κ2) is 4.59. The molecule has 2 heterocycles. The summed E-state index contributed by atoms with van der Waals surface area (Å²) in [6.45, 7) is 0. The van der Waals surface area contributed by atoms with Gasteiger partial charge in [0.25, 0.3) is 0 Å². The number of hydrogen-bond acceptors (Lipinski definition) is 4. The molecule has 96 valence electrons. The van der Waals surface area contributed by atoms with Crippen molar-refractivity contribution >= 4 is 27.3 Å². The van der Waals surface area contributed by atoms with E-state index in [1.165, 1.54) is 12.5 Å². The molecule has 5 heteroatoms. The standard InChI is InChI=1S/C14H10BrNO3/c15-10-3-1-2-8(6-10)11-12(17)13(19-14(11)16)9-4-5-18-7-9/h1-7,13H,16H2. The molecule has 0 aliphatic carbocycles. The summed E-state index contributed by atoms with van der Waals surface area (Å²) in [6, 6.07) is 9.08. The van der Waals surface area contributed by atoms with Crippen LogP contribution in [0.1, 0.15) is 17.2 Å². The third-order valence-electron chi connectivity index (χ3n) is 2.93. The topological polar surface area (TPSA) is 65.5 Å². The molecular formula is C14H10BrNO3. The van der Waals surface area contributed by atoms with Crippen molar-refractivity contribution in [3.63, 3.8) is 0 Å². The molecule has 0 fully saturated rings. The maximum absolute atomic E-state index is 12.4. The fraction of sp³-hybridized carbons (Fsp3) is 0.0714. The molecular weight excluding hydrogens is 310 g/mol. The minimum Gasteiger partial charge on any atom is -0.472 e. The highest BCUT2D eigenvalue weighted by molar-refractivity contribution is 9.10. The van der Waals surface area contributed by atoms with Crippen LogP contribution >= 0.6 is 15.9 Å². The van der Waals surface area contributed by atoms with E-state index in [-0.39, 0.29) is 11.7 Å². The zero-order valence-corrected chi connectivity index (χ0v) is 11.4. The SMILES string of the molecule is NC1=C(c2cccc(Br)c2)C(=O)C(c2ccoc2)O1. The van der Waals surface area contributed by atoms with Gasteiger partial charge in [0.1, 0.15) is 0 Å². The number of benzene rings is 1. The first-order chi connectivity index (χ1) is 9.16. The van der Waals surface area contributed by atoms with Gasteiger partial charge in [-0.25, -0.2) is 0 Å². The first-order valence-corrected chi connectivity index (χ1v) is 6.45. The van der Waals surface area contributed by atoms with Gasteiger partial charge in [0.05, 0.1) is 18.1 Å². The van der Waals surface area contributed by atoms with E-state index in [0.717, 1.165) is 10.0 Å². The van der Waals surface area contributed by atoms with Crippen LogP contribution < -0.4 is 5.73 Å². The van der Waals surface area contributed by atoms with Gasteiger partial charge in [0.15, 0.2) is 12.0 Å². The number of halogens is 1. The maximum atomic E-state index is 12.4. The van der Waals surface area contributed by atoms with Crippen molar-refractivity contribution in [3.8, 4) is 0 Å². The maximum Gasteiger partial charge on any atom is 0.214 e. The van der Waals surface area contributed by atoms with Crippen LogP contribution in [0.3, 0.4) is 0 Å². The number of carbonyl (C=O) groups is 1. The van der Waals surface area contributed by atoms with Gasteiger partial charge in [0.2, 0.25) is 5.78 Å². The van der Waals surface area contributed by atoms with Gasteiger partial charge >= 0.3 is 0 Å². The second-order valence-electron chi connectivity index (χ2n) is 4.17. The molecule has 3 rings (SSSR count). The number of nitrogens with two attached hydrogens (primary N) is 1. The number of ketones is 1. The Bertz CT molecular complexity index is 661. The predicted molar refractivity (Wildman–Crippen MR) is 72.8 cm³/mol. The lowest BCUT2D eigenvalue weighted by molar-refractivity contribution is -0.120. The molecule has 2 aromatic rings. The summed E-state index contributed by atoms with van der Waals surface area (Å²) in [7, 11) is 0. The average molecular weight is 320 g/mol. The molecule has 2 N–H and O–H groups in total. The van der Waals surface area contributed by atoms with Crippen molar-refractivity contribution < 1.29 is 13.9 Å². The molecule has 1 aromatic carbocycles. The van der Waals surface area contributed by atoms with Crippen LogP contribution in [0.25, 0.3) is 5.57 Å². The van der Waals surface area contributed by atoms with E-state index >= 15 is 0 Å². The fourth-order valence-electron chi connectivity index (χ4n) is 2.06. The summed E-state index contributed by atoms with van der Waals surface area (Å²) in [5.41, 5.74) is 7.65. The molecule has 0 saturated heterocycles. The average Bonchev–Trinajstić information content (AvgIpc) is 2.97. The molecule has 0 bridgehead atoms. The minimum atomic E-state index is -0.715. The van der Waals surface area contributed by atoms with E-state index < -0.39 is 6.10 Å². The smallest absolute Gasteiger partial charge is 0.214 e. The van der Waals surface area contributed by atoms with E-state index in [1.807, 2.05) is 24.3 Å². The normalized spacial score (nSPS) is 18.8. The van der Waals surface area contributed by atoms with Crippen LogP contribution in [0.15, 0.2) is 57.6 Å². The molecule has 1 unspecified atom stereocenters. The summed E-state index contributed by atoms with van der Waals surface area (Å²) in [6.07, 6.45) is 2.27. The van der Waals surface area contributed by atoms with Gasteiger partial charge in [-0.1, -0.05) is 28.1 Å². The monoisotopic (exact) mass is 319 g/mol. The molecule has 0 saturated carbocycles. The molecule has 0 amide bonds. The van der Waals surface area contributed by atoms with Crippen molar-refractivity contribution in [2.75, 3.05) is 0 Å². The molecule has 1 atom stereocenters. The summed E-state index contributed by atoms with van der Waals surface area (Å²) in [4.78, 5) is 12.4. The summed E-state index contributed by atoms with van der Waals surface area (Å²) in [5.74, 6) is -0.00806. The Morgan fingerprint density at radius 1 is 1.26 bits per heavy atom. The lowest BCUT2D eigenvalue weighted by atomic mass is 9.98. The van der Waals surface area contributed by atoms with Crippen molar-refractivity contribution in [2.45, 2.75) is 6.10 Å². The Kier molecular flexibility index (Phi) is 2.91. The lowest BCUT2D eigenvalue weighted by Crippen LogP contribution is -2.08. The van der Waals surface area contributed by atoms with E-state index in [2.05, 4.69) is 15.9 Å². The quantitative estimate of drug-likeness (QED) is 0.924. The molecule has 0 radical (unpaired) electrons. The van der Waals surface area contributed by atoms with E-state index in [0.29, 0.717) is 11.1 Å². The van der Waals surface area contributed by atoms with Crippen LogP contribution in [0.5, 0.6) is 0 Å². The predicted octanol–water partition coefficient (Wildman–Crippen LogP) is 3.01. The lowest BCUT2D eigenvalue weighted by Gasteiger charge is -2.06. The Balaban J connectivity index is 1.99. The molecule has 1 aliphatic heterocycles. The number of hydrogen-bond donors (Lipinski definition) is 1. The van der Waals surface area contributed by atoms with Crippen LogP contribution in [0.2, 0.25) is 0 Å². The largest absolute Gasteiger partial charge is 0.472 e. The number of carbonyl (C=O) groups excluding carboxylic acids is 1. The molecule has 1 aromatic heterocycles. The first kappa shape index (κ1) is 12.0. The van der Waals surface area contributed by atoms with Crippen molar-refractivity contribution in [1.82, 2.24) is 0 Å². The highest BCUT2D eigenvalue weighted by Gasteiger charge is 2.36. The van der Waals surface area contributed by atoms with E-state index in [4.69, 9.17) is 14.9 Å². The Labute approximate surface area is 118 Å². The zero-order chi connectivity index (χ0) is 13.4. The number of furan rings is 1. The third-order valence-corrected chi connectivity index (χ3v) is 3.43. The second-order valence-corrected chi connectivity index (χ2v) is 5.08. The van der Waals surface area contributed by atoms with Gasteiger partial charge in [-0.05, 0) is 23.8 Å². The van der Waals surface area contributed by atoms with Crippen LogP contribution in [0, 0.1) is 0 Å². The number of Topliss-reactive ketones (excluding diaryl/α,β-unsaturated/α-hetero) is 1. The number of ether oxygens (including phenoxy) is 1. The molecule has 0 spiro atoms. The van der Waals surface area contributed by atoms with Crippen LogP contribution in [-0.2, 0) is 9.53 Å². The summed E-state index contributed by atoms with van der Waals surface area (Å²) < 4.78 is 11.3. The Hall–Kier alpha value is -2.01.